The molecule has 0 amide bonds. The largest absolute Gasteiger partial charge is 0.210 e. The van der Waals surface area contributed by atoms with E-state index >= 15 is 0 Å². The summed E-state index contributed by atoms with van der Waals surface area (Å²) in [5, 5.41) is 3.08. The minimum Gasteiger partial charge on any atom is -0.210 e. The Balaban J connectivity index is 2.91. The Morgan fingerprint density at radius 1 is 1.40 bits per heavy atom. The first-order valence-corrected chi connectivity index (χ1v) is 2.91. The SMILES string of the molecule is N=NCc1ccccc1F. The Hall–Kier alpha value is -1.25. The smallest absolute Gasteiger partial charge is 0.128 e. The summed E-state index contributed by atoms with van der Waals surface area (Å²) in [7, 11) is 0. The second-order valence-corrected chi connectivity index (χ2v) is 1.91. The molecule has 0 aliphatic carbocycles. The third-order valence-corrected chi connectivity index (χ3v) is 1.21. The highest BCUT2D eigenvalue weighted by atomic mass is 19.1. The Morgan fingerprint density at radius 3 is 2.70 bits per heavy atom. The number of hydrogen-bond acceptors (Lipinski definition) is 2. The van der Waals surface area contributed by atoms with Crippen molar-refractivity contribution >= 4 is 0 Å². The van der Waals surface area contributed by atoms with E-state index in [0.717, 1.165) is 0 Å². The summed E-state index contributed by atoms with van der Waals surface area (Å²) in [4.78, 5) is 0. The van der Waals surface area contributed by atoms with E-state index in [1.807, 2.05) is 0 Å². The average Bonchev–Trinajstić information content (AvgIpc) is 1.94. The molecule has 1 aromatic carbocycles. The van der Waals surface area contributed by atoms with Crippen molar-refractivity contribution in [1.82, 2.24) is 0 Å². The van der Waals surface area contributed by atoms with Crippen LogP contribution in [-0.2, 0) is 6.54 Å². The first-order chi connectivity index (χ1) is 4.84. The standard InChI is InChI=1S/C7H7FN2/c8-7-4-2-1-3-6(7)5-10-9/h1-4,9H,5H2. The van der Waals surface area contributed by atoms with Crippen molar-refractivity contribution < 1.29 is 4.39 Å². The first kappa shape index (κ1) is 6.86. The van der Waals surface area contributed by atoms with Crippen LogP contribution in [0.25, 0.3) is 0 Å². The van der Waals surface area contributed by atoms with Crippen LogP contribution in [0.3, 0.4) is 0 Å². The molecule has 0 aliphatic heterocycles. The molecule has 0 aliphatic rings. The lowest BCUT2D eigenvalue weighted by Gasteiger charge is -1.94. The van der Waals surface area contributed by atoms with Crippen LogP contribution in [0.4, 0.5) is 4.39 Å². The van der Waals surface area contributed by atoms with Crippen LogP contribution in [0.2, 0.25) is 0 Å². The molecule has 0 spiro atoms. The van der Waals surface area contributed by atoms with Crippen LogP contribution in [-0.4, -0.2) is 0 Å². The fourth-order valence-corrected chi connectivity index (χ4v) is 0.712. The van der Waals surface area contributed by atoms with Crippen LogP contribution >= 0.6 is 0 Å². The molecule has 0 atom stereocenters. The van der Waals surface area contributed by atoms with E-state index < -0.39 is 0 Å². The number of nitrogens with zero attached hydrogens (tertiary/aromatic N) is 1. The molecule has 0 fully saturated rings. The Kier molecular flexibility index (Phi) is 2.10. The summed E-state index contributed by atoms with van der Waals surface area (Å²) in [5.41, 5.74) is 6.97. The zero-order valence-corrected chi connectivity index (χ0v) is 5.34. The highest BCUT2D eigenvalue weighted by Crippen LogP contribution is 2.06. The molecule has 0 saturated heterocycles. The molecule has 3 heteroatoms. The summed E-state index contributed by atoms with van der Waals surface area (Å²) in [6, 6.07) is 6.32. The van der Waals surface area contributed by atoms with E-state index in [9.17, 15) is 4.39 Å². The molecule has 2 nitrogen and oxygen atoms in total. The molecule has 0 saturated carbocycles. The van der Waals surface area contributed by atoms with Gasteiger partial charge in [0, 0.05) is 5.56 Å². The molecule has 0 radical (unpaired) electrons. The number of halogens is 1. The van der Waals surface area contributed by atoms with Gasteiger partial charge in [-0.1, -0.05) is 18.2 Å². The van der Waals surface area contributed by atoms with E-state index in [0.29, 0.717) is 5.56 Å². The van der Waals surface area contributed by atoms with Gasteiger partial charge < -0.3 is 0 Å². The van der Waals surface area contributed by atoms with Gasteiger partial charge in [-0.05, 0) is 6.07 Å². The van der Waals surface area contributed by atoms with Crippen LogP contribution in [0.5, 0.6) is 0 Å². The second-order valence-electron chi connectivity index (χ2n) is 1.91. The quantitative estimate of drug-likeness (QED) is 0.609. The molecule has 0 heterocycles. The van der Waals surface area contributed by atoms with Crippen molar-refractivity contribution in [3.8, 4) is 0 Å². The molecular weight excluding hydrogens is 131 g/mol. The minimum absolute atomic E-state index is 0.132. The molecule has 52 valence electrons. The molecule has 1 rings (SSSR count). The van der Waals surface area contributed by atoms with Crippen molar-refractivity contribution in [2.24, 2.45) is 5.11 Å². The number of hydrogen-bond donors (Lipinski definition) is 1. The maximum Gasteiger partial charge on any atom is 0.128 e. The number of rotatable bonds is 2. The minimum atomic E-state index is -0.293. The number of benzene rings is 1. The van der Waals surface area contributed by atoms with Gasteiger partial charge in [0.15, 0.2) is 0 Å². The van der Waals surface area contributed by atoms with Crippen molar-refractivity contribution in [3.05, 3.63) is 35.6 Å². The summed E-state index contributed by atoms with van der Waals surface area (Å²) in [5.74, 6) is -0.293. The van der Waals surface area contributed by atoms with Gasteiger partial charge in [-0.2, -0.15) is 5.11 Å². The zero-order valence-electron chi connectivity index (χ0n) is 5.34. The average molecular weight is 138 g/mol. The van der Waals surface area contributed by atoms with Gasteiger partial charge in [-0.15, -0.1) is 0 Å². The molecule has 0 bridgehead atoms. The van der Waals surface area contributed by atoms with E-state index in [1.54, 1.807) is 18.2 Å². The lowest BCUT2D eigenvalue weighted by atomic mass is 10.2. The van der Waals surface area contributed by atoms with Crippen molar-refractivity contribution in [3.63, 3.8) is 0 Å². The zero-order chi connectivity index (χ0) is 7.40. The Labute approximate surface area is 58.2 Å². The van der Waals surface area contributed by atoms with Gasteiger partial charge >= 0.3 is 0 Å². The molecule has 10 heavy (non-hydrogen) atoms. The summed E-state index contributed by atoms with van der Waals surface area (Å²) in [6.45, 7) is 0.132. The second kappa shape index (κ2) is 3.06. The van der Waals surface area contributed by atoms with Gasteiger partial charge in [-0.25, -0.2) is 9.92 Å². The normalized spacial score (nSPS) is 9.30. The summed E-state index contributed by atoms with van der Waals surface area (Å²) in [6.07, 6.45) is 0. The first-order valence-electron chi connectivity index (χ1n) is 2.91. The van der Waals surface area contributed by atoms with Gasteiger partial charge in [-0.3, -0.25) is 0 Å². The van der Waals surface area contributed by atoms with E-state index in [-0.39, 0.29) is 12.4 Å². The maximum absolute atomic E-state index is 12.6. The van der Waals surface area contributed by atoms with Crippen molar-refractivity contribution in [2.75, 3.05) is 0 Å². The Morgan fingerprint density at radius 2 is 2.10 bits per heavy atom. The van der Waals surface area contributed by atoms with Crippen LogP contribution in [0.1, 0.15) is 5.56 Å². The predicted molar refractivity (Wildman–Crippen MR) is 35.3 cm³/mol. The summed E-state index contributed by atoms with van der Waals surface area (Å²) >= 11 is 0. The van der Waals surface area contributed by atoms with E-state index in [4.69, 9.17) is 5.53 Å². The fraction of sp³-hybridized carbons (Fsp3) is 0.143. The lowest BCUT2D eigenvalue weighted by Crippen LogP contribution is -1.84. The third-order valence-electron chi connectivity index (χ3n) is 1.21. The lowest BCUT2D eigenvalue weighted by molar-refractivity contribution is 0.607. The fourth-order valence-electron chi connectivity index (χ4n) is 0.712. The maximum atomic E-state index is 12.6. The van der Waals surface area contributed by atoms with Crippen LogP contribution in [0.15, 0.2) is 29.4 Å². The topological polar surface area (TPSA) is 36.2 Å². The third kappa shape index (κ3) is 1.37. The highest BCUT2D eigenvalue weighted by Gasteiger charge is 1.96. The predicted octanol–water partition coefficient (Wildman–Crippen LogP) is 2.36. The summed E-state index contributed by atoms with van der Waals surface area (Å²) < 4.78 is 12.6. The van der Waals surface area contributed by atoms with Gasteiger partial charge in [0.05, 0.1) is 6.54 Å². The van der Waals surface area contributed by atoms with E-state index in [1.165, 1.54) is 6.07 Å². The van der Waals surface area contributed by atoms with E-state index in [2.05, 4.69) is 5.11 Å². The van der Waals surface area contributed by atoms with Crippen molar-refractivity contribution in [1.29, 1.82) is 5.53 Å². The molecular formula is C7H7FN2. The van der Waals surface area contributed by atoms with Crippen molar-refractivity contribution in [2.45, 2.75) is 6.54 Å². The molecule has 0 aromatic heterocycles. The molecule has 0 unspecified atom stereocenters. The number of nitrogens with one attached hydrogen (secondary N) is 1. The van der Waals surface area contributed by atoms with Crippen LogP contribution < -0.4 is 0 Å². The highest BCUT2D eigenvalue weighted by molar-refractivity contribution is 5.16. The van der Waals surface area contributed by atoms with Gasteiger partial charge in [0.25, 0.3) is 0 Å². The Bertz CT molecular complexity index is 235. The van der Waals surface area contributed by atoms with Gasteiger partial charge in [0.1, 0.15) is 5.82 Å². The molecule has 1 aromatic rings. The van der Waals surface area contributed by atoms with Crippen LogP contribution in [0, 0.1) is 11.3 Å². The monoisotopic (exact) mass is 138 g/mol. The molecule has 1 N–H and O–H groups in total. The van der Waals surface area contributed by atoms with Gasteiger partial charge in [0.2, 0.25) is 0 Å².